The number of amides is 1. The minimum atomic E-state index is -0.699. The predicted molar refractivity (Wildman–Crippen MR) is 97.3 cm³/mol. The number of carbonyl (C=O) groups excluding carboxylic acids is 1. The SMILES string of the molecule is Cc1cn([C@H]2C[C@H](NC(=O)c3ccc(CN)cc3)[C@@H](CO)O2)c(=O)[nH]c1=O. The fraction of sp³-hybridized carbons (Fsp3) is 0.389. The van der Waals surface area contributed by atoms with E-state index in [1.165, 1.54) is 10.8 Å². The number of ether oxygens (including phenoxy) is 1. The average Bonchev–Trinajstić information content (AvgIpc) is 3.07. The van der Waals surface area contributed by atoms with E-state index in [0.717, 1.165) is 5.56 Å². The monoisotopic (exact) mass is 374 g/mol. The Morgan fingerprint density at radius 2 is 2.07 bits per heavy atom. The minimum absolute atomic E-state index is 0.281. The van der Waals surface area contributed by atoms with Gasteiger partial charge in [-0.05, 0) is 24.6 Å². The van der Waals surface area contributed by atoms with Crippen LogP contribution in [0.2, 0.25) is 0 Å². The van der Waals surface area contributed by atoms with Gasteiger partial charge in [0.05, 0.1) is 12.6 Å². The number of aryl methyl sites for hydroxylation is 1. The number of H-pyrrole nitrogens is 1. The number of carbonyl (C=O) groups is 1. The van der Waals surface area contributed by atoms with Gasteiger partial charge in [0.2, 0.25) is 0 Å². The van der Waals surface area contributed by atoms with Crippen LogP contribution in [0.3, 0.4) is 0 Å². The summed E-state index contributed by atoms with van der Waals surface area (Å²) in [5, 5.41) is 12.4. The van der Waals surface area contributed by atoms with E-state index in [0.29, 0.717) is 17.7 Å². The zero-order valence-corrected chi connectivity index (χ0v) is 14.8. The molecule has 0 saturated carbocycles. The number of aliphatic hydroxyl groups is 1. The second-order valence-corrected chi connectivity index (χ2v) is 6.51. The van der Waals surface area contributed by atoms with Crippen molar-refractivity contribution in [3.05, 3.63) is 68.0 Å². The maximum Gasteiger partial charge on any atom is 0.330 e. The van der Waals surface area contributed by atoms with Gasteiger partial charge in [-0.25, -0.2) is 4.79 Å². The smallest absolute Gasteiger partial charge is 0.330 e. The molecule has 2 aromatic rings. The number of nitrogens with one attached hydrogen (secondary N) is 2. The van der Waals surface area contributed by atoms with Crippen molar-refractivity contribution in [2.75, 3.05) is 6.61 Å². The molecule has 1 aliphatic rings. The Hall–Kier alpha value is -2.75. The van der Waals surface area contributed by atoms with Crippen LogP contribution < -0.4 is 22.3 Å². The van der Waals surface area contributed by atoms with Crippen molar-refractivity contribution in [2.24, 2.45) is 5.73 Å². The van der Waals surface area contributed by atoms with Crippen LogP contribution in [0.25, 0.3) is 0 Å². The summed E-state index contributed by atoms with van der Waals surface area (Å²) < 4.78 is 6.98. The van der Waals surface area contributed by atoms with Gasteiger partial charge >= 0.3 is 5.69 Å². The Morgan fingerprint density at radius 1 is 1.37 bits per heavy atom. The molecule has 1 saturated heterocycles. The number of hydrogen-bond donors (Lipinski definition) is 4. The summed E-state index contributed by atoms with van der Waals surface area (Å²) in [6.07, 6.45) is 0.329. The van der Waals surface area contributed by atoms with E-state index in [4.69, 9.17) is 10.5 Å². The molecule has 144 valence electrons. The van der Waals surface area contributed by atoms with Crippen molar-refractivity contribution >= 4 is 5.91 Å². The maximum absolute atomic E-state index is 12.5. The quantitative estimate of drug-likeness (QED) is 0.550. The summed E-state index contributed by atoms with van der Waals surface area (Å²) in [6, 6.07) is 6.41. The first-order valence-corrected chi connectivity index (χ1v) is 8.61. The Kier molecular flexibility index (Phi) is 5.54. The zero-order chi connectivity index (χ0) is 19.6. The molecule has 5 N–H and O–H groups in total. The highest BCUT2D eigenvalue weighted by Crippen LogP contribution is 2.27. The highest BCUT2D eigenvalue weighted by molar-refractivity contribution is 5.94. The largest absolute Gasteiger partial charge is 0.394 e. The first-order chi connectivity index (χ1) is 12.9. The van der Waals surface area contributed by atoms with Crippen LogP contribution in [0.4, 0.5) is 0 Å². The highest BCUT2D eigenvalue weighted by Gasteiger charge is 2.37. The summed E-state index contributed by atoms with van der Waals surface area (Å²) >= 11 is 0. The molecule has 0 unspecified atom stereocenters. The van der Waals surface area contributed by atoms with Gasteiger partial charge in [0.1, 0.15) is 12.3 Å². The Balaban J connectivity index is 1.76. The summed E-state index contributed by atoms with van der Waals surface area (Å²) in [4.78, 5) is 38.3. The second-order valence-electron chi connectivity index (χ2n) is 6.51. The third kappa shape index (κ3) is 4.00. The van der Waals surface area contributed by atoms with Crippen molar-refractivity contribution in [3.63, 3.8) is 0 Å². The average molecular weight is 374 g/mol. The van der Waals surface area contributed by atoms with Crippen LogP contribution in [-0.2, 0) is 11.3 Å². The standard InChI is InChI=1S/C18H22N4O5/c1-10-8-22(18(26)21-16(10)24)15-6-13(14(9-23)27-15)20-17(25)12-4-2-11(7-19)3-5-12/h2-5,8,13-15,23H,6-7,9,19H2,1H3,(H,20,25)(H,21,24,26)/t13-,14+,15+/m0/s1. The van der Waals surface area contributed by atoms with Crippen molar-refractivity contribution in [1.82, 2.24) is 14.9 Å². The predicted octanol–water partition coefficient (Wildman–Crippen LogP) is -0.618. The molecular formula is C18H22N4O5. The van der Waals surface area contributed by atoms with Gasteiger partial charge in [-0.2, -0.15) is 0 Å². The molecule has 27 heavy (non-hydrogen) atoms. The molecule has 1 aliphatic heterocycles. The van der Waals surface area contributed by atoms with E-state index in [1.54, 1.807) is 31.2 Å². The molecule has 9 nitrogen and oxygen atoms in total. The lowest BCUT2D eigenvalue weighted by Crippen LogP contribution is -2.42. The fourth-order valence-electron chi connectivity index (χ4n) is 3.07. The Morgan fingerprint density at radius 3 is 2.70 bits per heavy atom. The number of aromatic nitrogens is 2. The lowest BCUT2D eigenvalue weighted by Gasteiger charge is -2.17. The van der Waals surface area contributed by atoms with Gasteiger partial charge in [0.25, 0.3) is 11.5 Å². The van der Waals surface area contributed by atoms with Crippen LogP contribution in [0, 0.1) is 6.92 Å². The first kappa shape index (κ1) is 19.0. The van der Waals surface area contributed by atoms with Crippen molar-refractivity contribution < 1.29 is 14.6 Å². The number of rotatable bonds is 5. The lowest BCUT2D eigenvalue weighted by atomic mass is 10.1. The molecule has 0 bridgehead atoms. The molecular weight excluding hydrogens is 352 g/mol. The van der Waals surface area contributed by atoms with Gasteiger partial charge in [-0.1, -0.05) is 12.1 Å². The van der Waals surface area contributed by atoms with Gasteiger partial charge in [0.15, 0.2) is 0 Å². The molecule has 0 spiro atoms. The summed E-state index contributed by atoms with van der Waals surface area (Å²) in [6.45, 7) is 1.65. The summed E-state index contributed by atoms with van der Waals surface area (Å²) in [5.41, 5.74) is 6.24. The fourth-order valence-corrected chi connectivity index (χ4v) is 3.07. The van der Waals surface area contributed by atoms with Crippen molar-refractivity contribution in [3.8, 4) is 0 Å². The molecule has 1 fully saturated rings. The van der Waals surface area contributed by atoms with Gasteiger partial charge in [-0.15, -0.1) is 0 Å². The molecule has 9 heteroatoms. The van der Waals surface area contributed by atoms with E-state index < -0.39 is 29.6 Å². The molecule has 0 aliphatic carbocycles. The van der Waals surface area contributed by atoms with Crippen LogP contribution >= 0.6 is 0 Å². The zero-order valence-electron chi connectivity index (χ0n) is 14.8. The molecule has 3 atom stereocenters. The molecule has 2 heterocycles. The van der Waals surface area contributed by atoms with E-state index in [9.17, 15) is 19.5 Å². The van der Waals surface area contributed by atoms with Crippen LogP contribution in [0.1, 0.15) is 34.1 Å². The van der Waals surface area contributed by atoms with Crippen LogP contribution in [-0.4, -0.2) is 39.3 Å². The number of benzene rings is 1. The molecule has 0 radical (unpaired) electrons. The molecule has 1 amide bonds. The van der Waals surface area contributed by atoms with Crippen molar-refractivity contribution in [2.45, 2.75) is 38.3 Å². The van der Waals surface area contributed by atoms with Gasteiger partial charge in [0, 0.05) is 30.3 Å². The maximum atomic E-state index is 12.5. The molecule has 1 aromatic carbocycles. The first-order valence-electron chi connectivity index (χ1n) is 8.61. The van der Waals surface area contributed by atoms with Crippen LogP contribution in [0.5, 0.6) is 0 Å². The second kappa shape index (κ2) is 7.87. The third-order valence-electron chi connectivity index (χ3n) is 4.64. The van der Waals surface area contributed by atoms with Gasteiger partial charge in [-0.3, -0.25) is 19.1 Å². The van der Waals surface area contributed by atoms with Gasteiger partial charge < -0.3 is 20.9 Å². The third-order valence-corrected chi connectivity index (χ3v) is 4.64. The Bertz CT molecular complexity index is 934. The van der Waals surface area contributed by atoms with E-state index >= 15 is 0 Å². The topological polar surface area (TPSA) is 139 Å². The number of nitrogens with zero attached hydrogens (tertiary/aromatic N) is 1. The molecule has 3 rings (SSSR count). The number of nitrogens with two attached hydrogens (primary N) is 1. The lowest BCUT2D eigenvalue weighted by molar-refractivity contribution is -0.0288. The number of aliphatic hydroxyl groups excluding tert-OH is 1. The normalized spacial score (nSPS) is 22.0. The van der Waals surface area contributed by atoms with E-state index in [-0.39, 0.29) is 18.9 Å². The van der Waals surface area contributed by atoms with Crippen LogP contribution in [0.15, 0.2) is 40.1 Å². The number of aromatic amines is 1. The summed E-state index contributed by atoms with van der Waals surface area (Å²) in [7, 11) is 0. The molecule has 1 aromatic heterocycles. The minimum Gasteiger partial charge on any atom is -0.394 e. The van der Waals surface area contributed by atoms with Crippen molar-refractivity contribution in [1.29, 1.82) is 0 Å². The highest BCUT2D eigenvalue weighted by atomic mass is 16.5. The van der Waals surface area contributed by atoms with E-state index in [2.05, 4.69) is 10.3 Å². The summed E-state index contributed by atoms with van der Waals surface area (Å²) in [5.74, 6) is -0.309. The number of hydrogen-bond acceptors (Lipinski definition) is 6. The van der Waals surface area contributed by atoms with E-state index in [1.807, 2.05) is 0 Å². The Labute approximate surface area is 154 Å².